The number of amides is 1. The van der Waals surface area contributed by atoms with Crippen molar-refractivity contribution in [1.82, 2.24) is 24.7 Å². The van der Waals surface area contributed by atoms with Crippen LogP contribution in [-0.4, -0.2) is 83.2 Å². The molecule has 3 aliphatic rings. The van der Waals surface area contributed by atoms with E-state index in [2.05, 4.69) is 25.3 Å². The second-order valence-electron chi connectivity index (χ2n) is 10.2. The summed E-state index contributed by atoms with van der Waals surface area (Å²) in [7, 11) is 1.85. The van der Waals surface area contributed by atoms with E-state index in [1.54, 1.807) is 23.0 Å². The first-order chi connectivity index (χ1) is 18.6. The van der Waals surface area contributed by atoms with E-state index in [1.165, 1.54) is 0 Å². The number of aromatic nitrogens is 5. The summed E-state index contributed by atoms with van der Waals surface area (Å²) in [5.41, 5.74) is 3.10. The van der Waals surface area contributed by atoms with Crippen LogP contribution in [0.15, 0.2) is 41.1 Å². The minimum Gasteiger partial charge on any atom is -0.422 e. The first kappa shape index (κ1) is 23.1. The van der Waals surface area contributed by atoms with E-state index in [9.17, 15) is 4.79 Å². The van der Waals surface area contributed by atoms with Gasteiger partial charge in [0, 0.05) is 63.1 Å². The van der Waals surface area contributed by atoms with Gasteiger partial charge in [-0.05, 0) is 18.6 Å². The molecule has 1 amide bonds. The Labute approximate surface area is 218 Å². The number of pyridine rings is 2. The minimum atomic E-state index is -0.307. The number of hydrogen-bond donors (Lipinski definition) is 1. The van der Waals surface area contributed by atoms with Crippen molar-refractivity contribution in [3.05, 3.63) is 42.2 Å². The van der Waals surface area contributed by atoms with Crippen LogP contribution in [0.2, 0.25) is 0 Å². The lowest BCUT2D eigenvalue weighted by Gasteiger charge is -2.48. The van der Waals surface area contributed by atoms with Crippen molar-refractivity contribution in [1.29, 1.82) is 0 Å². The minimum absolute atomic E-state index is 0.132. The normalized spacial score (nSPS) is 18.8. The number of carbonyl (C=O) groups is 1. The van der Waals surface area contributed by atoms with Gasteiger partial charge in [-0.2, -0.15) is 10.1 Å². The third-order valence-electron chi connectivity index (χ3n) is 7.41. The molecule has 0 atom stereocenters. The van der Waals surface area contributed by atoms with Crippen LogP contribution in [0.5, 0.6) is 0 Å². The molecular weight excluding hydrogens is 488 g/mol. The Morgan fingerprint density at radius 2 is 1.92 bits per heavy atom. The molecule has 196 valence electrons. The fourth-order valence-electron chi connectivity index (χ4n) is 5.36. The van der Waals surface area contributed by atoms with Crippen molar-refractivity contribution in [2.75, 3.05) is 67.7 Å². The zero-order valence-corrected chi connectivity index (χ0v) is 21.1. The maximum atomic E-state index is 13.6. The molecule has 4 aromatic rings. The molecule has 3 saturated heterocycles. The zero-order chi connectivity index (χ0) is 25.7. The highest BCUT2D eigenvalue weighted by Gasteiger charge is 2.47. The van der Waals surface area contributed by atoms with Crippen LogP contribution >= 0.6 is 0 Å². The van der Waals surface area contributed by atoms with Crippen molar-refractivity contribution < 1.29 is 18.7 Å². The fourth-order valence-corrected chi connectivity index (χ4v) is 5.36. The average molecular weight is 517 g/mol. The monoisotopic (exact) mass is 516 g/mol. The van der Waals surface area contributed by atoms with Gasteiger partial charge in [-0.25, -0.2) is 9.97 Å². The quantitative estimate of drug-likeness (QED) is 0.423. The Kier molecular flexibility index (Phi) is 5.51. The van der Waals surface area contributed by atoms with E-state index in [0.717, 1.165) is 44.0 Å². The van der Waals surface area contributed by atoms with E-state index in [-0.39, 0.29) is 11.3 Å². The number of morpholine rings is 1. The van der Waals surface area contributed by atoms with Gasteiger partial charge < -0.3 is 29.0 Å². The third-order valence-corrected chi connectivity index (χ3v) is 7.41. The molecule has 0 aromatic carbocycles. The Hall–Kier alpha value is -4.03. The largest absolute Gasteiger partial charge is 0.422 e. The first-order valence-corrected chi connectivity index (χ1v) is 12.8. The first-order valence-electron chi connectivity index (χ1n) is 12.8. The van der Waals surface area contributed by atoms with Gasteiger partial charge in [-0.1, -0.05) is 6.07 Å². The number of fused-ring (bicyclic) bond motifs is 1. The van der Waals surface area contributed by atoms with E-state index in [4.69, 9.17) is 18.9 Å². The number of anilines is 3. The van der Waals surface area contributed by atoms with Crippen LogP contribution in [-0.2, 0) is 16.5 Å². The average Bonchev–Trinajstić information content (AvgIpc) is 3.67. The number of ether oxygens (including phenoxy) is 2. The molecule has 1 N–H and O–H groups in total. The topological polar surface area (TPSA) is 124 Å². The van der Waals surface area contributed by atoms with Crippen LogP contribution in [0.25, 0.3) is 22.5 Å². The number of nitrogens with zero attached hydrogens (tertiary/aromatic N) is 7. The van der Waals surface area contributed by atoms with Crippen LogP contribution in [0.1, 0.15) is 16.8 Å². The second-order valence-corrected chi connectivity index (χ2v) is 10.2. The molecule has 0 bridgehead atoms. The Morgan fingerprint density at radius 3 is 2.68 bits per heavy atom. The zero-order valence-electron chi connectivity index (χ0n) is 21.1. The maximum absolute atomic E-state index is 13.6. The van der Waals surface area contributed by atoms with Crippen LogP contribution < -0.4 is 15.1 Å². The highest BCUT2D eigenvalue weighted by molar-refractivity contribution is 6.09. The van der Waals surface area contributed by atoms with Gasteiger partial charge >= 0.3 is 0 Å². The maximum Gasteiger partial charge on any atom is 0.300 e. The summed E-state index contributed by atoms with van der Waals surface area (Å²) >= 11 is 0. The summed E-state index contributed by atoms with van der Waals surface area (Å²) in [5, 5.41) is 7.17. The molecule has 0 aliphatic carbocycles. The van der Waals surface area contributed by atoms with Crippen LogP contribution in [0, 0.1) is 5.41 Å². The predicted octanol–water partition coefficient (Wildman–Crippen LogP) is 2.33. The third kappa shape index (κ3) is 4.15. The fraction of sp³-hybridized carbons (Fsp3) is 0.423. The molecule has 4 aromatic heterocycles. The van der Waals surface area contributed by atoms with Gasteiger partial charge in [0.25, 0.3) is 11.9 Å². The SMILES string of the molecule is Cn1cc(-c2cccc(NC(=O)c3cc4oc(N5CCOCC5)nc4nc3N3CC4(CCOC4)C3)n2)cn1. The Morgan fingerprint density at radius 1 is 1.05 bits per heavy atom. The van der Waals surface area contributed by atoms with E-state index >= 15 is 0 Å². The molecule has 0 unspecified atom stereocenters. The summed E-state index contributed by atoms with van der Waals surface area (Å²) in [6, 6.07) is 7.75. The number of nitrogens with one attached hydrogen (secondary N) is 1. The molecule has 0 radical (unpaired) electrons. The summed E-state index contributed by atoms with van der Waals surface area (Å²) in [6.45, 7) is 5.72. The van der Waals surface area contributed by atoms with Crippen LogP contribution in [0.3, 0.4) is 0 Å². The van der Waals surface area contributed by atoms with Crippen molar-refractivity contribution in [3.63, 3.8) is 0 Å². The lowest BCUT2D eigenvalue weighted by molar-refractivity contribution is 0.102. The molecular formula is C26H28N8O4. The van der Waals surface area contributed by atoms with E-state index in [1.807, 2.05) is 30.3 Å². The number of rotatable bonds is 5. The van der Waals surface area contributed by atoms with Gasteiger partial charge in [0.2, 0.25) is 5.65 Å². The molecule has 0 saturated carbocycles. The lowest BCUT2D eigenvalue weighted by Crippen LogP contribution is -2.57. The molecule has 3 aliphatic heterocycles. The summed E-state index contributed by atoms with van der Waals surface area (Å²) in [4.78, 5) is 31.9. The number of oxazole rings is 1. The second kappa shape index (κ2) is 9.07. The van der Waals surface area contributed by atoms with Crippen molar-refractivity contribution in [2.24, 2.45) is 12.5 Å². The standard InChI is InChI=1S/C26H28N8O4/c1-32-13-17(12-27-32)19-3-2-4-21(28-19)29-24(35)18-11-20-22(31-25(38-20)33-6-9-36-10-7-33)30-23(18)34-14-26(15-34)5-8-37-16-26/h2-4,11-13H,5-10,14-16H2,1H3,(H,28,29,35). The smallest absolute Gasteiger partial charge is 0.300 e. The molecule has 38 heavy (non-hydrogen) atoms. The number of carbonyl (C=O) groups excluding carboxylic acids is 1. The molecule has 3 fully saturated rings. The van der Waals surface area contributed by atoms with Gasteiger partial charge in [0.05, 0.1) is 37.3 Å². The van der Waals surface area contributed by atoms with Gasteiger partial charge in [0.15, 0.2) is 5.58 Å². The number of hydrogen-bond acceptors (Lipinski definition) is 10. The summed E-state index contributed by atoms with van der Waals surface area (Å²) < 4.78 is 18.9. The van der Waals surface area contributed by atoms with Crippen molar-refractivity contribution >= 4 is 34.8 Å². The molecule has 7 rings (SSSR count). The van der Waals surface area contributed by atoms with Crippen LogP contribution in [0.4, 0.5) is 17.7 Å². The highest BCUT2D eigenvalue weighted by Crippen LogP contribution is 2.42. The van der Waals surface area contributed by atoms with Gasteiger partial charge in [0.1, 0.15) is 11.6 Å². The highest BCUT2D eigenvalue weighted by atomic mass is 16.5. The Balaban J connectivity index is 1.21. The molecule has 1 spiro atoms. The van der Waals surface area contributed by atoms with Gasteiger partial charge in [-0.15, -0.1) is 0 Å². The molecule has 7 heterocycles. The summed E-state index contributed by atoms with van der Waals surface area (Å²) in [5.74, 6) is 0.731. The molecule has 12 heteroatoms. The van der Waals surface area contributed by atoms with Crippen molar-refractivity contribution in [2.45, 2.75) is 6.42 Å². The van der Waals surface area contributed by atoms with Crippen molar-refractivity contribution in [3.8, 4) is 11.3 Å². The van der Waals surface area contributed by atoms with E-state index < -0.39 is 0 Å². The van der Waals surface area contributed by atoms with Gasteiger partial charge in [-0.3, -0.25) is 9.48 Å². The molecule has 12 nitrogen and oxygen atoms in total. The summed E-state index contributed by atoms with van der Waals surface area (Å²) in [6.07, 6.45) is 4.64. The predicted molar refractivity (Wildman–Crippen MR) is 139 cm³/mol. The lowest BCUT2D eigenvalue weighted by atomic mass is 9.79. The Bertz CT molecular complexity index is 1490. The van der Waals surface area contributed by atoms with E-state index in [0.29, 0.717) is 60.7 Å². The number of aryl methyl sites for hydroxylation is 1.